The van der Waals surface area contributed by atoms with E-state index in [0.717, 1.165) is 24.9 Å². The highest BCUT2D eigenvalue weighted by molar-refractivity contribution is 5.07. The second-order valence-electron chi connectivity index (χ2n) is 5.16. The van der Waals surface area contributed by atoms with Crippen LogP contribution in [0.15, 0.2) is 23.1 Å². The number of aryl methyl sites for hydroxylation is 2. The largest absolute Gasteiger partial charge is 0.330 e. The van der Waals surface area contributed by atoms with Crippen molar-refractivity contribution in [1.82, 2.24) is 4.57 Å². The quantitative estimate of drug-likeness (QED) is 0.827. The molecule has 3 nitrogen and oxygen atoms in total. The van der Waals surface area contributed by atoms with E-state index >= 15 is 0 Å². The van der Waals surface area contributed by atoms with Crippen LogP contribution in [-0.2, 0) is 6.54 Å². The van der Waals surface area contributed by atoms with Gasteiger partial charge in [0.25, 0.3) is 5.56 Å². The fraction of sp³-hybridized carbons (Fsp3) is 0.615. The molecule has 0 aliphatic carbocycles. The summed E-state index contributed by atoms with van der Waals surface area (Å²) in [7, 11) is 0. The second-order valence-corrected chi connectivity index (χ2v) is 5.16. The number of hydrogen-bond acceptors (Lipinski definition) is 2. The van der Waals surface area contributed by atoms with Gasteiger partial charge in [0.2, 0.25) is 0 Å². The molecule has 3 heteroatoms. The molecule has 0 unspecified atom stereocenters. The Kier molecular flexibility index (Phi) is 4.30. The SMILES string of the molecule is Cc1cccn(CCCC(C)(C)CN)c1=O. The van der Waals surface area contributed by atoms with Crippen LogP contribution in [0.4, 0.5) is 0 Å². The minimum atomic E-state index is 0.119. The summed E-state index contributed by atoms with van der Waals surface area (Å²) >= 11 is 0. The molecule has 0 aromatic carbocycles. The molecule has 90 valence electrons. The average Bonchev–Trinajstić information content (AvgIpc) is 2.24. The second kappa shape index (κ2) is 5.30. The molecular weight excluding hydrogens is 200 g/mol. The van der Waals surface area contributed by atoms with Crippen LogP contribution in [0.1, 0.15) is 32.3 Å². The lowest BCUT2D eigenvalue weighted by molar-refractivity contribution is 0.326. The number of hydrogen-bond donors (Lipinski definition) is 1. The van der Waals surface area contributed by atoms with Crippen molar-refractivity contribution in [3.63, 3.8) is 0 Å². The van der Waals surface area contributed by atoms with Gasteiger partial charge in [-0.1, -0.05) is 19.9 Å². The highest BCUT2D eigenvalue weighted by atomic mass is 16.1. The van der Waals surface area contributed by atoms with Gasteiger partial charge in [-0.3, -0.25) is 4.79 Å². The van der Waals surface area contributed by atoms with Crippen molar-refractivity contribution >= 4 is 0 Å². The van der Waals surface area contributed by atoms with Crippen LogP contribution in [0.3, 0.4) is 0 Å². The lowest BCUT2D eigenvalue weighted by atomic mass is 9.88. The van der Waals surface area contributed by atoms with Gasteiger partial charge in [-0.15, -0.1) is 0 Å². The van der Waals surface area contributed by atoms with E-state index in [4.69, 9.17) is 5.73 Å². The Labute approximate surface area is 97.3 Å². The molecule has 16 heavy (non-hydrogen) atoms. The summed E-state index contributed by atoms with van der Waals surface area (Å²) in [6, 6.07) is 3.77. The predicted octanol–water partition coefficient (Wildman–Crippen LogP) is 1.92. The molecule has 1 aromatic heterocycles. The van der Waals surface area contributed by atoms with Gasteiger partial charge in [0.05, 0.1) is 0 Å². The zero-order valence-electron chi connectivity index (χ0n) is 10.5. The number of nitrogens with zero attached hydrogens (tertiary/aromatic N) is 1. The number of rotatable bonds is 5. The first-order valence-corrected chi connectivity index (χ1v) is 5.82. The Hall–Kier alpha value is -1.09. The number of nitrogens with two attached hydrogens (primary N) is 1. The van der Waals surface area contributed by atoms with E-state index < -0.39 is 0 Å². The van der Waals surface area contributed by atoms with Crippen molar-refractivity contribution in [2.45, 2.75) is 40.2 Å². The molecule has 0 radical (unpaired) electrons. The van der Waals surface area contributed by atoms with Crippen LogP contribution < -0.4 is 11.3 Å². The molecule has 1 aromatic rings. The van der Waals surface area contributed by atoms with Gasteiger partial charge in [0, 0.05) is 18.3 Å². The topological polar surface area (TPSA) is 48.0 Å². The Morgan fingerprint density at radius 3 is 2.75 bits per heavy atom. The molecule has 2 N–H and O–H groups in total. The summed E-state index contributed by atoms with van der Waals surface area (Å²) < 4.78 is 1.78. The third-order valence-corrected chi connectivity index (χ3v) is 3.02. The monoisotopic (exact) mass is 222 g/mol. The molecule has 0 aliphatic heterocycles. The fourth-order valence-electron chi connectivity index (χ4n) is 1.66. The van der Waals surface area contributed by atoms with Crippen LogP contribution in [0.2, 0.25) is 0 Å². The summed E-state index contributed by atoms with van der Waals surface area (Å²) in [6.07, 6.45) is 3.89. The molecule has 1 heterocycles. The molecule has 0 saturated carbocycles. The lowest BCUT2D eigenvalue weighted by Crippen LogP contribution is -2.25. The number of pyridine rings is 1. The minimum absolute atomic E-state index is 0.119. The van der Waals surface area contributed by atoms with Crippen LogP contribution in [0, 0.1) is 12.3 Å². The van der Waals surface area contributed by atoms with Gasteiger partial charge in [-0.2, -0.15) is 0 Å². The van der Waals surface area contributed by atoms with Crippen LogP contribution >= 0.6 is 0 Å². The van der Waals surface area contributed by atoms with Crippen LogP contribution in [-0.4, -0.2) is 11.1 Å². The van der Waals surface area contributed by atoms with Gasteiger partial charge >= 0.3 is 0 Å². The summed E-state index contributed by atoms with van der Waals surface area (Å²) in [5, 5.41) is 0. The van der Waals surface area contributed by atoms with E-state index in [0.29, 0.717) is 6.54 Å². The van der Waals surface area contributed by atoms with E-state index in [1.807, 2.05) is 25.3 Å². The highest BCUT2D eigenvalue weighted by Gasteiger charge is 2.14. The first kappa shape index (κ1) is 13.0. The van der Waals surface area contributed by atoms with E-state index in [-0.39, 0.29) is 11.0 Å². The Balaban J connectivity index is 2.56. The van der Waals surface area contributed by atoms with Gasteiger partial charge in [0.15, 0.2) is 0 Å². The fourth-order valence-corrected chi connectivity index (χ4v) is 1.66. The molecule has 0 amide bonds. The van der Waals surface area contributed by atoms with Crippen molar-refractivity contribution in [3.8, 4) is 0 Å². The normalized spacial score (nSPS) is 11.8. The first-order valence-electron chi connectivity index (χ1n) is 5.82. The predicted molar refractivity (Wildman–Crippen MR) is 67.5 cm³/mol. The Morgan fingerprint density at radius 2 is 2.12 bits per heavy atom. The van der Waals surface area contributed by atoms with Crippen LogP contribution in [0.25, 0.3) is 0 Å². The molecule has 0 spiro atoms. The maximum atomic E-state index is 11.7. The van der Waals surface area contributed by atoms with E-state index in [1.54, 1.807) is 4.57 Å². The van der Waals surface area contributed by atoms with Crippen LogP contribution in [0.5, 0.6) is 0 Å². The highest BCUT2D eigenvalue weighted by Crippen LogP contribution is 2.20. The summed E-state index contributed by atoms with van der Waals surface area (Å²) in [5.74, 6) is 0. The van der Waals surface area contributed by atoms with Gasteiger partial charge in [0.1, 0.15) is 0 Å². The van der Waals surface area contributed by atoms with E-state index in [2.05, 4.69) is 13.8 Å². The molecule has 0 bridgehead atoms. The minimum Gasteiger partial charge on any atom is -0.330 e. The smallest absolute Gasteiger partial charge is 0.253 e. The Morgan fingerprint density at radius 1 is 1.44 bits per heavy atom. The summed E-state index contributed by atoms with van der Waals surface area (Å²) in [4.78, 5) is 11.7. The third-order valence-electron chi connectivity index (χ3n) is 3.02. The van der Waals surface area contributed by atoms with Gasteiger partial charge in [-0.05, 0) is 37.8 Å². The summed E-state index contributed by atoms with van der Waals surface area (Å²) in [6.45, 7) is 7.64. The maximum Gasteiger partial charge on any atom is 0.253 e. The van der Waals surface area contributed by atoms with E-state index in [1.165, 1.54) is 0 Å². The molecule has 0 saturated heterocycles. The Bertz CT molecular complexity index is 393. The van der Waals surface area contributed by atoms with Gasteiger partial charge < -0.3 is 10.3 Å². The zero-order chi connectivity index (χ0) is 12.2. The first-order chi connectivity index (χ1) is 7.46. The van der Waals surface area contributed by atoms with Crippen molar-refractivity contribution < 1.29 is 0 Å². The molecule has 1 rings (SSSR count). The zero-order valence-corrected chi connectivity index (χ0v) is 10.5. The average molecular weight is 222 g/mol. The number of aromatic nitrogens is 1. The lowest BCUT2D eigenvalue weighted by Gasteiger charge is -2.22. The van der Waals surface area contributed by atoms with Gasteiger partial charge in [-0.25, -0.2) is 0 Å². The molecule has 0 aliphatic rings. The molecular formula is C13H22N2O. The maximum absolute atomic E-state index is 11.7. The van der Waals surface area contributed by atoms with Crippen molar-refractivity contribution in [2.75, 3.05) is 6.54 Å². The van der Waals surface area contributed by atoms with Crippen molar-refractivity contribution in [2.24, 2.45) is 11.1 Å². The standard InChI is InChI=1S/C13H22N2O/c1-11-6-4-8-15(12(11)16)9-5-7-13(2,3)10-14/h4,6,8H,5,7,9-10,14H2,1-3H3. The molecule has 0 fully saturated rings. The third kappa shape index (κ3) is 3.49. The summed E-state index contributed by atoms with van der Waals surface area (Å²) in [5.41, 5.74) is 6.77. The van der Waals surface area contributed by atoms with E-state index in [9.17, 15) is 4.79 Å². The molecule has 0 atom stereocenters. The van der Waals surface area contributed by atoms with Crippen molar-refractivity contribution in [1.29, 1.82) is 0 Å². The van der Waals surface area contributed by atoms with Crippen molar-refractivity contribution in [3.05, 3.63) is 34.2 Å².